The minimum Gasteiger partial charge on any atom is -0.327 e. The maximum atomic E-state index is 13.6. The Morgan fingerprint density at radius 2 is 1.81 bits per heavy atom. The average Bonchev–Trinajstić information content (AvgIpc) is 3.07. The fourth-order valence-electron chi connectivity index (χ4n) is 3.94. The molecule has 1 atom stereocenters. The van der Waals surface area contributed by atoms with Crippen LogP contribution in [0.4, 0.5) is 5.69 Å². The Balaban J connectivity index is 1.71. The lowest BCUT2D eigenvalue weighted by molar-refractivity contribution is -0.141. The van der Waals surface area contributed by atoms with Crippen molar-refractivity contribution in [3.63, 3.8) is 0 Å². The lowest BCUT2D eigenvalue weighted by atomic mass is 10.00. The number of halogens is 1. The van der Waals surface area contributed by atoms with Gasteiger partial charge in [-0.25, -0.2) is 0 Å². The summed E-state index contributed by atoms with van der Waals surface area (Å²) in [4.78, 5) is 29.8. The molecule has 2 aliphatic rings. The number of piperidine rings is 1. The summed E-state index contributed by atoms with van der Waals surface area (Å²) >= 11 is 3.50. The van der Waals surface area contributed by atoms with Gasteiger partial charge in [0.15, 0.2) is 0 Å². The van der Waals surface area contributed by atoms with Crippen molar-refractivity contribution in [2.45, 2.75) is 31.7 Å². The van der Waals surface area contributed by atoms with E-state index in [1.165, 1.54) is 5.56 Å². The molecule has 26 heavy (non-hydrogen) atoms. The minimum atomic E-state index is -0.543. The van der Waals surface area contributed by atoms with E-state index in [0.717, 1.165) is 35.0 Å². The van der Waals surface area contributed by atoms with Crippen LogP contribution >= 0.6 is 15.9 Å². The number of likely N-dealkylation sites (tertiary alicyclic amines) is 1. The molecule has 4 nitrogen and oxygen atoms in total. The molecule has 0 spiro atoms. The molecule has 2 aromatic carbocycles. The molecule has 0 N–H and O–H groups in total. The predicted molar refractivity (Wildman–Crippen MR) is 105 cm³/mol. The van der Waals surface area contributed by atoms with Crippen LogP contribution in [0, 0.1) is 0 Å². The van der Waals surface area contributed by atoms with Crippen molar-refractivity contribution in [1.29, 1.82) is 0 Å². The fourth-order valence-corrected chi connectivity index (χ4v) is 4.35. The van der Waals surface area contributed by atoms with Crippen LogP contribution in [0.2, 0.25) is 0 Å². The number of hydrogen-bond acceptors (Lipinski definition) is 2. The molecule has 5 heteroatoms. The largest absolute Gasteiger partial charge is 0.327 e. The van der Waals surface area contributed by atoms with Crippen LogP contribution < -0.4 is 4.90 Å². The summed E-state index contributed by atoms with van der Waals surface area (Å²) in [5.41, 5.74) is 3.02. The van der Waals surface area contributed by atoms with Crippen molar-refractivity contribution in [3.8, 4) is 0 Å². The first-order chi connectivity index (χ1) is 12.6. The van der Waals surface area contributed by atoms with Crippen molar-refractivity contribution >= 4 is 33.4 Å². The fraction of sp³-hybridized carbons (Fsp3) is 0.333. The van der Waals surface area contributed by atoms with Gasteiger partial charge in [-0.2, -0.15) is 0 Å². The van der Waals surface area contributed by atoms with Gasteiger partial charge in [-0.3, -0.25) is 9.59 Å². The van der Waals surface area contributed by atoms with Crippen LogP contribution in [0.25, 0.3) is 0 Å². The minimum absolute atomic E-state index is 0.00692. The maximum Gasteiger partial charge on any atom is 0.254 e. The zero-order chi connectivity index (χ0) is 18.1. The standard InChI is InChI=1S/C21H21BrN2O2/c22-17-9-10-18-16(14-17)11-13-23(18)21(26)20(15-6-2-1-3-7-15)24-12-5-4-8-19(24)25/h1-3,6-7,9-10,14,20H,4-5,8,11-13H2. The Kier molecular flexibility index (Phi) is 4.81. The van der Waals surface area contributed by atoms with Crippen LogP contribution in [0.15, 0.2) is 53.0 Å². The molecular formula is C21H21BrN2O2. The zero-order valence-corrected chi connectivity index (χ0v) is 16.1. The third kappa shape index (κ3) is 3.16. The van der Waals surface area contributed by atoms with E-state index in [9.17, 15) is 9.59 Å². The van der Waals surface area contributed by atoms with Crippen molar-refractivity contribution in [1.82, 2.24) is 4.90 Å². The molecule has 2 heterocycles. The molecule has 2 aromatic rings. The lowest BCUT2D eigenvalue weighted by Crippen LogP contribution is -2.47. The molecule has 4 rings (SSSR count). The highest BCUT2D eigenvalue weighted by molar-refractivity contribution is 9.10. The van der Waals surface area contributed by atoms with Crippen LogP contribution in [-0.4, -0.2) is 29.8 Å². The molecule has 1 fully saturated rings. The van der Waals surface area contributed by atoms with Crippen LogP contribution in [0.3, 0.4) is 0 Å². The lowest BCUT2D eigenvalue weighted by Gasteiger charge is -2.36. The predicted octanol–water partition coefficient (Wildman–Crippen LogP) is 4.09. The second kappa shape index (κ2) is 7.23. The second-order valence-electron chi connectivity index (χ2n) is 6.87. The highest BCUT2D eigenvalue weighted by Gasteiger charge is 2.37. The Morgan fingerprint density at radius 1 is 1.00 bits per heavy atom. The summed E-state index contributed by atoms with van der Waals surface area (Å²) < 4.78 is 1.02. The first-order valence-electron chi connectivity index (χ1n) is 9.09. The first-order valence-corrected chi connectivity index (χ1v) is 9.88. The van der Waals surface area contributed by atoms with Crippen molar-refractivity contribution in [2.24, 2.45) is 0 Å². The van der Waals surface area contributed by atoms with Gasteiger partial charge in [-0.05, 0) is 48.6 Å². The highest BCUT2D eigenvalue weighted by Crippen LogP contribution is 2.35. The number of fused-ring (bicyclic) bond motifs is 1. The first kappa shape index (κ1) is 17.3. The highest BCUT2D eigenvalue weighted by atomic mass is 79.9. The summed E-state index contributed by atoms with van der Waals surface area (Å²) in [6, 6.07) is 15.2. The van der Waals surface area contributed by atoms with E-state index in [1.54, 1.807) is 4.90 Å². The normalized spacial score (nSPS) is 18.0. The maximum absolute atomic E-state index is 13.6. The topological polar surface area (TPSA) is 40.6 Å². The molecule has 134 valence electrons. The number of nitrogens with zero attached hydrogens (tertiary/aromatic N) is 2. The number of rotatable bonds is 3. The molecule has 0 bridgehead atoms. The molecular weight excluding hydrogens is 392 g/mol. The summed E-state index contributed by atoms with van der Waals surface area (Å²) in [6.07, 6.45) is 3.23. The number of hydrogen-bond donors (Lipinski definition) is 0. The van der Waals surface area contributed by atoms with Crippen molar-refractivity contribution in [2.75, 3.05) is 18.0 Å². The summed E-state index contributed by atoms with van der Waals surface area (Å²) in [5, 5.41) is 0. The van der Waals surface area contributed by atoms with Gasteiger partial charge in [0.25, 0.3) is 5.91 Å². The third-order valence-electron chi connectivity index (χ3n) is 5.22. The van der Waals surface area contributed by atoms with Gasteiger partial charge in [0.2, 0.25) is 5.91 Å². The van der Waals surface area contributed by atoms with E-state index in [-0.39, 0.29) is 11.8 Å². The smallest absolute Gasteiger partial charge is 0.254 e. The summed E-state index contributed by atoms with van der Waals surface area (Å²) in [7, 11) is 0. The molecule has 0 aromatic heterocycles. The SMILES string of the molecule is O=C(C(c1ccccc1)N1CCCCC1=O)N1CCc2cc(Br)ccc21. The molecule has 1 saturated heterocycles. The summed E-state index contributed by atoms with van der Waals surface area (Å²) in [6.45, 7) is 1.31. The zero-order valence-electron chi connectivity index (χ0n) is 14.5. The van der Waals surface area contributed by atoms with E-state index in [2.05, 4.69) is 22.0 Å². The van der Waals surface area contributed by atoms with Gasteiger partial charge >= 0.3 is 0 Å². The molecule has 0 saturated carbocycles. The summed E-state index contributed by atoms with van der Waals surface area (Å²) in [5.74, 6) is 0.0706. The van der Waals surface area contributed by atoms with Gasteiger partial charge in [-0.1, -0.05) is 46.3 Å². The van der Waals surface area contributed by atoms with Crippen LogP contribution in [0.5, 0.6) is 0 Å². The average molecular weight is 413 g/mol. The molecule has 0 aliphatic carbocycles. The molecule has 2 aliphatic heterocycles. The van der Waals surface area contributed by atoms with Gasteiger partial charge in [0.05, 0.1) is 0 Å². The quantitative estimate of drug-likeness (QED) is 0.761. The van der Waals surface area contributed by atoms with E-state index in [4.69, 9.17) is 0 Å². The number of benzene rings is 2. The number of carbonyl (C=O) groups is 2. The number of anilines is 1. The Hall–Kier alpha value is -2.14. The molecule has 1 unspecified atom stereocenters. The van der Waals surface area contributed by atoms with Gasteiger partial charge in [0, 0.05) is 29.7 Å². The third-order valence-corrected chi connectivity index (χ3v) is 5.72. The van der Waals surface area contributed by atoms with Crippen LogP contribution in [0.1, 0.15) is 36.4 Å². The van der Waals surface area contributed by atoms with E-state index >= 15 is 0 Å². The van der Waals surface area contributed by atoms with Crippen LogP contribution in [-0.2, 0) is 16.0 Å². The van der Waals surface area contributed by atoms with E-state index in [0.29, 0.717) is 19.5 Å². The van der Waals surface area contributed by atoms with Gasteiger partial charge in [-0.15, -0.1) is 0 Å². The number of carbonyl (C=O) groups excluding carboxylic acids is 2. The van der Waals surface area contributed by atoms with Gasteiger partial charge < -0.3 is 9.80 Å². The second-order valence-corrected chi connectivity index (χ2v) is 7.79. The molecule has 2 amide bonds. The number of amides is 2. The van der Waals surface area contributed by atoms with Crippen molar-refractivity contribution in [3.05, 3.63) is 64.1 Å². The van der Waals surface area contributed by atoms with Gasteiger partial charge in [0.1, 0.15) is 6.04 Å². The Morgan fingerprint density at radius 3 is 2.58 bits per heavy atom. The van der Waals surface area contributed by atoms with E-state index in [1.807, 2.05) is 47.4 Å². The monoisotopic (exact) mass is 412 g/mol. The Labute approximate surface area is 161 Å². The van der Waals surface area contributed by atoms with E-state index < -0.39 is 6.04 Å². The Bertz CT molecular complexity index is 837. The van der Waals surface area contributed by atoms with Crippen molar-refractivity contribution < 1.29 is 9.59 Å². The molecule has 0 radical (unpaired) electrons.